The molecule has 0 saturated heterocycles. The Bertz CT molecular complexity index is 1620. The molecule has 1 amide bonds. The van der Waals surface area contributed by atoms with Gasteiger partial charge in [-0.15, -0.1) is 0 Å². The molecule has 1 N–H and O–H groups in total. The van der Waals surface area contributed by atoms with E-state index in [4.69, 9.17) is 16.3 Å². The summed E-state index contributed by atoms with van der Waals surface area (Å²) in [5.74, 6) is -0.483. The summed E-state index contributed by atoms with van der Waals surface area (Å²) >= 11 is 9.64. The lowest BCUT2D eigenvalue weighted by Gasteiger charge is -2.28. The molecule has 1 aliphatic rings. The van der Waals surface area contributed by atoms with E-state index in [1.807, 2.05) is 23.1 Å². The Morgan fingerprint density at radius 1 is 1.07 bits per heavy atom. The van der Waals surface area contributed by atoms with Crippen LogP contribution in [-0.4, -0.2) is 39.8 Å². The first-order valence-electron chi connectivity index (χ1n) is 12.6. The number of benzene rings is 3. The number of alkyl halides is 3. The molecule has 12 heteroatoms. The monoisotopic (exact) mass is 648 g/mol. The Balaban J connectivity index is 1.57. The van der Waals surface area contributed by atoms with E-state index in [0.29, 0.717) is 35.2 Å². The number of nitrogens with zero attached hydrogens (tertiary/aromatic N) is 3. The smallest absolute Gasteiger partial charge is 0.412 e. The van der Waals surface area contributed by atoms with Gasteiger partial charge in [0.15, 0.2) is 6.04 Å². The van der Waals surface area contributed by atoms with Crippen molar-refractivity contribution in [3.63, 3.8) is 0 Å². The number of ether oxygens (including phenoxy) is 1. The van der Waals surface area contributed by atoms with E-state index in [0.717, 1.165) is 10.0 Å². The highest BCUT2D eigenvalue weighted by Gasteiger charge is 2.43. The molecule has 0 fully saturated rings. The number of amides is 1. The van der Waals surface area contributed by atoms with Crippen molar-refractivity contribution in [1.29, 1.82) is 0 Å². The van der Waals surface area contributed by atoms with Crippen LogP contribution in [0.1, 0.15) is 33.4 Å². The van der Waals surface area contributed by atoms with Crippen LogP contribution in [-0.2, 0) is 19.6 Å². The molecule has 0 radical (unpaired) electrons. The van der Waals surface area contributed by atoms with Crippen molar-refractivity contribution < 1.29 is 22.7 Å². The van der Waals surface area contributed by atoms with Gasteiger partial charge in [0, 0.05) is 30.7 Å². The first-order chi connectivity index (χ1) is 19.6. The molecule has 3 aromatic carbocycles. The fraction of sp³-hybridized carbons (Fsp3) is 0.241. The zero-order valence-electron chi connectivity index (χ0n) is 21.8. The van der Waals surface area contributed by atoms with Gasteiger partial charge in [0.2, 0.25) is 0 Å². The van der Waals surface area contributed by atoms with Gasteiger partial charge in [-0.3, -0.25) is 18.8 Å². The number of hydrogen-bond acceptors (Lipinski definition) is 4. The largest absolute Gasteiger partial charge is 0.497 e. The molecule has 4 aromatic rings. The number of methoxy groups -OCH3 is 1. The average molecular weight is 650 g/mol. The third-order valence-electron chi connectivity index (χ3n) is 6.93. The van der Waals surface area contributed by atoms with E-state index >= 15 is 0 Å². The number of imidazole rings is 1. The van der Waals surface area contributed by atoms with Crippen molar-refractivity contribution >= 4 is 33.4 Å². The molecule has 2 heterocycles. The summed E-state index contributed by atoms with van der Waals surface area (Å²) in [6.45, 7) is 1.37. The van der Waals surface area contributed by atoms with Gasteiger partial charge in [-0.05, 0) is 63.5 Å². The predicted molar refractivity (Wildman–Crippen MR) is 153 cm³/mol. The number of fused-ring (bicyclic) bond motifs is 1. The highest BCUT2D eigenvalue weighted by Crippen LogP contribution is 2.33. The molecule has 1 aliphatic heterocycles. The molecular weight excluding hydrogens is 625 g/mol. The molecule has 0 spiro atoms. The maximum atomic E-state index is 14.2. The van der Waals surface area contributed by atoms with Gasteiger partial charge in [0.1, 0.15) is 11.4 Å². The maximum absolute atomic E-state index is 14.2. The number of hydrogen-bond donors (Lipinski definition) is 1. The van der Waals surface area contributed by atoms with Crippen LogP contribution < -0.4 is 15.7 Å². The summed E-state index contributed by atoms with van der Waals surface area (Å²) in [7, 11) is 1.49. The summed E-state index contributed by atoms with van der Waals surface area (Å²) < 4.78 is 51.1. The molecule has 1 aromatic heterocycles. The van der Waals surface area contributed by atoms with Crippen LogP contribution in [0.25, 0.3) is 5.69 Å². The zero-order chi connectivity index (χ0) is 29.3. The van der Waals surface area contributed by atoms with Gasteiger partial charge in [-0.25, -0.2) is 4.79 Å². The van der Waals surface area contributed by atoms with Crippen molar-refractivity contribution in [2.75, 3.05) is 13.7 Å². The molecule has 41 heavy (non-hydrogen) atoms. The van der Waals surface area contributed by atoms with Crippen LogP contribution in [0.4, 0.5) is 13.2 Å². The Labute approximate surface area is 247 Å². The maximum Gasteiger partial charge on any atom is 0.412 e. The fourth-order valence-corrected chi connectivity index (χ4v) is 5.40. The summed E-state index contributed by atoms with van der Waals surface area (Å²) in [5, 5.41) is 2.70. The summed E-state index contributed by atoms with van der Waals surface area (Å²) in [4.78, 5) is 29.4. The summed E-state index contributed by atoms with van der Waals surface area (Å²) in [6.07, 6.45) is -4.77. The van der Waals surface area contributed by atoms with E-state index in [-0.39, 0.29) is 24.3 Å². The van der Waals surface area contributed by atoms with E-state index in [1.54, 1.807) is 30.3 Å². The van der Waals surface area contributed by atoms with E-state index < -0.39 is 23.8 Å². The second-order valence-electron chi connectivity index (χ2n) is 9.58. The lowest BCUT2D eigenvalue weighted by molar-refractivity contribution is -0.155. The average Bonchev–Trinajstić information content (AvgIpc) is 3.25. The second kappa shape index (κ2) is 11.8. The van der Waals surface area contributed by atoms with Crippen LogP contribution in [0, 0.1) is 0 Å². The Morgan fingerprint density at radius 2 is 1.78 bits per heavy atom. The van der Waals surface area contributed by atoms with Crippen LogP contribution >= 0.6 is 27.5 Å². The van der Waals surface area contributed by atoms with Gasteiger partial charge in [-0.2, -0.15) is 13.2 Å². The highest BCUT2D eigenvalue weighted by molar-refractivity contribution is 9.10. The molecule has 1 atom stereocenters. The van der Waals surface area contributed by atoms with Crippen molar-refractivity contribution in [1.82, 2.24) is 19.4 Å². The molecule has 5 rings (SSSR count). The van der Waals surface area contributed by atoms with Crippen molar-refractivity contribution in [3.05, 3.63) is 115 Å². The summed E-state index contributed by atoms with van der Waals surface area (Å²) in [5.41, 5.74) is 0.794. The third kappa shape index (κ3) is 6.07. The lowest BCUT2D eigenvalue weighted by atomic mass is 10.1. The van der Waals surface area contributed by atoms with Gasteiger partial charge in [0.25, 0.3) is 5.91 Å². The van der Waals surface area contributed by atoms with E-state index in [1.165, 1.54) is 40.5 Å². The molecule has 0 aliphatic carbocycles. The van der Waals surface area contributed by atoms with Gasteiger partial charge in [0.05, 0.1) is 23.5 Å². The van der Waals surface area contributed by atoms with Crippen LogP contribution in [0.15, 0.2) is 82.1 Å². The third-order valence-corrected chi connectivity index (χ3v) is 8.16. The van der Waals surface area contributed by atoms with Gasteiger partial charge >= 0.3 is 11.9 Å². The molecular formula is C29H25BrClF3N4O3. The standard InChI is InChI=1S/C29H25BrClF3N4O3/c1-41-21-10-8-20(9-11-21)38-25(27(39)35-26(29(32,33)34)19-5-3-2-4-6-19)24-17-36(13-14-37(24)28(38)40)16-18-7-12-22(30)23(31)15-18/h2-12,15,26H,13-14,16-17H2,1H3,(H,35,39)/t26-/m0/s1. The number of carbonyl (C=O) groups excluding carboxylic acids is 1. The number of aromatic nitrogens is 2. The Hall–Kier alpha value is -3.54. The first kappa shape index (κ1) is 29.0. The Kier molecular flexibility index (Phi) is 8.30. The predicted octanol–water partition coefficient (Wildman–Crippen LogP) is 6.11. The first-order valence-corrected chi connectivity index (χ1v) is 13.8. The van der Waals surface area contributed by atoms with Crippen LogP contribution in [0.3, 0.4) is 0 Å². The second-order valence-corrected chi connectivity index (χ2v) is 10.8. The number of nitrogens with one attached hydrogen (secondary N) is 1. The number of rotatable bonds is 7. The number of halogens is 5. The SMILES string of the molecule is COc1ccc(-n2c(C(=O)N[C@@H](c3ccccc3)C(F)(F)F)c3n(c2=O)CCN(Cc2ccc(Br)c(Cl)c2)C3)cc1. The quantitative estimate of drug-likeness (QED) is 0.262. The van der Waals surface area contributed by atoms with Crippen molar-refractivity contribution in [2.45, 2.75) is 31.9 Å². The molecule has 214 valence electrons. The highest BCUT2D eigenvalue weighted by atomic mass is 79.9. The molecule has 0 unspecified atom stereocenters. The topological polar surface area (TPSA) is 68.5 Å². The molecule has 0 bridgehead atoms. The molecule has 0 saturated carbocycles. The van der Waals surface area contributed by atoms with Crippen LogP contribution in [0.2, 0.25) is 5.02 Å². The van der Waals surface area contributed by atoms with Crippen molar-refractivity contribution in [2.24, 2.45) is 0 Å². The minimum Gasteiger partial charge on any atom is -0.497 e. The summed E-state index contributed by atoms with van der Waals surface area (Å²) in [6, 6.07) is 16.8. The van der Waals surface area contributed by atoms with Gasteiger partial charge < -0.3 is 10.1 Å². The minimum absolute atomic E-state index is 0.117. The minimum atomic E-state index is -4.77. The molecule has 7 nitrogen and oxygen atoms in total. The van der Waals surface area contributed by atoms with E-state index in [2.05, 4.69) is 21.2 Å². The van der Waals surface area contributed by atoms with E-state index in [9.17, 15) is 22.8 Å². The normalized spacial score (nSPS) is 14.4. The van der Waals surface area contributed by atoms with Gasteiger partial charge in [-0.1, -0.05) is 48.0 Å². The number of carbonyl (C=O) groups is 1. The zero-order valence-corrected chi connectivity index (χ0v) is 24.1. The van der Waals surface area contributed by atoms with Crippen LogP contribution in [0.5, 0.6) is 5.75 Å². The van der Waals surface area contributed by atoms with Crippen molar-refractivity contribution in [3.8, 4) is 11.4 Å². The lowest BCUT2D eigenvalue weighted by Crippen LogP contribution is -2.40. The fourth-order valence-electron chi connectivity index (χ4n) is 4.95. The Morgan fingerprint density at radius 3 is 2.41 bits per heavy atom.